The van der Waals surface area contributed by atoms with E-state index in [0.717, 1.165) is 47.5 Å². The van der Waals surface area contributed by atoms with E-state index >= 15 is 0 Å². The van der Waals surface area contributed by atoms with Gasteiger partial charge in [0.2, 0.25) is 0 Å². The van der Waals surface area contributed by atoms with Crippen molar-refractivity contribution in [2.24, 2.45) is 0 Å². The lowest BCUT2D eigenvalue weighted by atomic mass is 9.64. The average molecular weight is 460 g/mol. The predicted octanol–water partition coefficient (Wildman–Crippen LogP) is 4.57. The van der Waals surface area contributed by atoms with Gasteiger partial charge in [0.05, 0.1) is 25.7 Å². The maximum atomic E-state index is 13.0. The van der Waals surface area contributed by atoms with Crippen LogP contribution < -0.4 is 14.8 Å². The minimum absolute atomic E-state index is 0.337. The Balaban J connectivity index is 1.47. The van der Waals surface area contributed by atoms with Crippen molar-refractivity contribution in [1.29, 1.82) is 0 Å². The molecule has 176 valence electrons. The van der Waals surface area contributed by atoms with Crippen LogP contribution in [0.3, 0.4) is 0 Å². The van der Waals surface area contributed by atoms with Crippen LogP contribution in [0.25, 0.3) is 0 Å². The van der Waals surface area contributed by atoms with Crippen molar-refractivity contribution >= 4 is 11.9 Å². The Morgan fingerprint density at radius 2 is 1.35 bits per heavy atom. The molecule has 0 saturated heterocycles. The Bertz CT molecular complexity index is 1060. The van der Waals surface area contributed by atoms with Crippen LogP contribution in [-0.4, -0.2) is 32.7 Å². The van der Waals surface area contributed by atoms with Crippen LogP contribution >= 0.6 is 0 Å². The molecule has 6 nitrogen and oxygen atoms in total. The maximum Gasteiger partial charge on any atom is 0.317 e. The zero-order valence-corrected chi connectivity index (χ0v) is 19.5. The molecule has 4 rings (SSSR count). The molecule has 0 unspecified atom stereocenters. The van der Waals surface area contributed by atoms with Gasteiger partial charge in [-0.15, -0.1) is 0 Å². The molecule has 1 N–H and O–H groups in total. The molecule has 0 heterocycles. The number of carbonyl (C=O) groups is 2. The highest BCUT2D eigenvalue weighted by molar-refractivity contribution is 5.87. The second-order valence-corrected chi connectivity index (χ2v) is 8.42. The summed E-state index contributed by atoms with van der Waals surface area (Å²) in [7, 11) is 3.22. The van der Waals surface area contributed by atoms with Crippen LogP contribution in [0.5, 0.6) is 11.5 Å². The summed E-state index contributed by atoms with van der Waals surface area (Å²) in [5.74, 6) is 0.742. The first-order chi connectivity index (χ1) is 16.6. The minimum atomic E-state index is -0.646. The van der Waals surface area contributed by atoms with Crippen molar-refractivity contribution < 1.29 is 23.8 Å². The fourth-order valence-electron chi connectivity index (χ4n) is 4.32. The summed E-state index contributed by atoms with van der Waals surface area (Å²) in [4.78, 5) is 25.9. The topological polar surface area (TPSA) is 73.9 Å². The number of hydrogen-bond acceptors (Lipinski definition) is 5. The highest BCUT2D eigenvalue weighted by Crippen LogP contribution is 2.44. The number of benzene rings is 3. The largest absolute Gasteiger partial charge is 0.497 e. The summed E-state index contributed by atoms with van der Waals surface area (Å²) in [6.07, 6.45) is 2.43. The molecule has 34 heavy (non-hydrogen) atoms. The third kappa shape index (κ3) is 4.91. The molecule has 1 fully saturated rings. The smallest absolute Gasteiger partial charge is 0.317 e. The highest BCUT2D eigenvalue weighted by Gasteiger charge is 2.47. The minimum Gasteiger partial charge on any atom is -0.497 e. The number of rotatable bonds is 9. The van der Waals surface area contributed by atoms with E-state index < -0.39 is 11.5 Å². The lowest BCUT2D eigenvalue weighted by molar-refractivity contribution is -0.157. The molecule has 3 aromatic rings. The molecule has 0 radical (unpaired) electrons. The second kappa shape index (κ2) is 10.4. The van der Waals surface area contributed by atoms with E-state index in [1.807, 2.05) is 78.9 Å². The summed E-state index contributed by atoms with van der Waals surface area (Å²) in [5.41, 5.74) is 2.06. The molecule has 0 aromatic heterocycles. The van der Waals surface area contributed by atoms with Crippen LogP contribution in [0.4, 0.5) is 0 Å². The number of methoxy groups -OCH3 is 2. The Morgan fingerprint density at radius 1 is 0.824 bits per heavy atom. The summed E-state index contributed by atoms with van der Waals surface area (Å²) >= 11 is 0. The van der Waals surface area contributed by atoms with Gasteiger partial charge >= 0.3 is 5.97 Å². The number of esters is 1. The SMILES string of the molecule is COc1ccc(C(NC(=O)COC(=O)C2(c3ccccc3)CCC2)c2ccc(OC)cc2)cc1. The monoisotopic (exact) mass is 459 g/mol. The standard InChI is InChI=1S/C28H29NO5/c1-32-23-13-9-20(10-14-23)26(21-11-15-24(33-2)16-12-21)29-25(30)19-34-27(31)28(17-6-18-28)22-7-4-3-5-8-22/h3-5,7-16,26H,6,17-19H2,1-2H3,(H,29,30). The average Bonchev–Trinajstić information content (AvgIpc) is 2.86. The van der Waals surface area contributed by atoms with E-state index in [0.29, 0.717) is 0 Å². The summed E-state index contributed by atoms with van der Waals surface area (Å²) in [6.45, 7) is -0.337. The number of amides is 1. The molecule has 1 aliphatic rings. The van der Waals surface area contributed by atoms with E-state index in [2.05, 4.69) is 5.32 Å². The zero-order chi connectivity index (χ0) is 24.0. The number of nitrogens with one attached hydrogen (secondary N) is 1. The van der Waals surface area contributed by atoms with Crippen molar-refractivity contribution in [3.63, 3.8) is 0 Å². The van der Waals surface area contributed by atoms with E-state index in [-0.39, 0.29) is 18.5 Å². The molecule has 0 bridgehead atoms. The van der Waals surface area contributed by atoms with Crippen LogP contribution in [0.15, 0.2) is 78.9 Å². The van der Waals surface area contributed by atoms with Crippen molar-refractivity contribution in [3.8, 4) is 11.5 Å². The molecule has 1 saturated carbocycles. The molecule has 1 amide bonds. The Labute approximate surface area is 199 Å². The van der Waals surface area contributed by atoms with Gasteiger partial charge in [-0.2, -0.15) is 0 Å². The van der Waals surface area contributed by atoms with E-state index in [9.17, 15) is 9.59 Å². The van der Waals surface area contributed by atoms with Gasteiger partial charge in [0.25, 0.3) is 5.91 Å². The van der Waals surface area contributed by atoms with Crippen molar-refractivity contribution in [3.05, 3.63) is 95.6 Å². The lowest BCUT2D eigenvalue weighted by Gasteiger charge is -2.39. The fraction of sp³-hybridized carbons (Fsp3) is 0.286. The Morgan fingerprint density at radius 3 is 1.79 bits per heavy atom. The van der Waals surface area contributed by atoms with Gasteiger partial charge in [-0.3, -0.25) is 9.59 Å². The van der Waals surface area contributed by atoms with Crippen LogP contribution in [-0.2, 0) is 19.7 Å². The third-order valence-corrected chi connectivity index (χ3v) is 6.46. The van der Waals surface area contributed by atoms with Gasteiger partial charge in [0.1, 0.15) is 11.5 Å². The molecule has 0 aliphatic heterocycles. The van der Waals surface area contributed by atoms with Crippen molar-refractivity contribution in [2.45, 2.75) is 30.7 Å². The van der Waals surface area contributed by atoms with Gasteiger partial charge in [-0.25, -0.2) is 0 Å². The molecule has 1 aliphatic carbocycles. The van der Waals surface area contributed by atoms with E-state index in [1.165, 1.54) is 0 Å². The van der Waals surface area contributed by atoms with Gasteiger partial charge in [0, 0.05) is 0 Å². The van der Waals surface area contributed by atoms with Gasteiger partial charge in [-0.1, -0.05) is 61.0 Å². The van der Waals surface area contributed by atoms with E-state index in [1.54, 1.807) is 14.2 Å². The van der Waals surface area contributed by atoms with Crippen LogP contribution in [0.2, 0.25) is 0 Å². The first kappa shape index (κ1) is 23.4. The Kier molecular flexibility index (Phi) is 7.16. The van der Waals surface area contributed by atoms with E-state index in [4.69, 9.17) is 14.2 Å². The molecule has 6 heteroatoms. The summed E-state index contributed by atoms with van der Waals surface area (Å²) in [6, 6.07) is 24.2. The normalized spacial score (nSPS) is 14.1. The van der Waals surface area contributed by atoms with Crippen LogP contribution in [0, 0.1) is 0 Å². The predicted molar refractivity (Wildman–Crippen MR) is 129 cm³/mol. The zero-order valence-electron chi connectivity index (χ0n) is 19.5. The highest BCUT2D eigenvalue weighted by atomic mass is 16.5. The summed E-state index contributed by atoms with van der Waals surface area (Å²) in [5, 5.41) is 3.01. The Hall–Kier alpha value is -3.80. The van der Waals surface area contributed by atoms with Gasteiger partial charge in [0.15, 0.2) is 6.61 Å². The van der Waals surface area contributed by atoms with Crippen LogP contribution in [0.1, 0.15) is 42.0 Å². The number of carbonyl (C=O) groups excluding carboxylic acids is 2. The van der Waals surface area contributed by atoms with Gasteiger partial charge < -0.3 is 19.5 Å². The second-order valence-electron chi connectivity index (χ2n) is 8.42. The third-order valence-electron chi connectivity index (χ3n) is 6.46. The first-order valence-corrected chi connectivity index (χ1v) is 11.4. The molecular weight excluding hydrogens is 430 g/mol. The lowest BCUT2D eigenvalue weighted by Crippen LogP contribution is -2.45. The molecule has 0 spiro atoms. The quantitative estimate of drug-likeness (QED) is 0.475. The maximum absolute atomic E-state index is 13.0. The first-order valence-electron chi connectivity index (χ1n) is 11.4. The fourth-order valence-corrected chi connectivity index (χ4v) is 4.32. The van der Waals surface area contributed by atoms with Crippen molar-refractivity contribution in [2.75, 3.05) is 20.8 Å². The number of hydrogen-bond donors (Lipinski definition) is 1. The number of ether oxygens (including phenoxy) is 3. The van der Waals surface area contributed by atoms with Gasteiger partial charge in [-0.05, 0) is 53.8 Å². The molecule has 0 atom stereocenters. The molecule has 3 aromatic carbocycles. The molecular formula is C28H29NO5. The van der Waals surface area contributed by atoms with Crippen molar-refractivity contribution in [1.82, 2.24) is 5.32 Å². The summed E-state index contributed by atoms with van der Waals surface area (Å²) < 4.78 is 16.0.